The highest BCUT2D eigenvalue weighted by Crippen LogP contribution is 2.30. The summed E-state index contributed by atoms with van der Waals surface area (Å²) in [6.07, 6.45) is 1.74. The minimum atomic E-state index is -1.03. The molecule has 2 aromatic rings. The Bertz CT molecular complexity index is 999. The van der Waals surface area contributed by atoms with Gasteiger partial charge in [-0.05, 0) is 81.5 Å². The standard InChI is InChI=1S/C26H31FO4/c1-16-11-17(2)22(23(12-16)19-7-10-24(27)18(3)13-19)9-8-20(28)14-21(29)15-25(30)31-26(4,5)6/h7-13,20,28H,14-15H2,1-6H3/b9-8+. The van der Waals surface area contributed by atoms with Crippen molar-refractivity contribution in [3.63, 3.8) is 0 Å². The number of rotatable bonds is 7. The van der Waals surface area contributed by atoms with Crippen LogP contribution in [-0.2, 0) is 14.3 Å². The second-order valence-electron chi connectivity index (χ2n) is 8.94. The maximum atomic E-state index is 13.7. The lowest BCUT2D eigenvalue weighted by molar-refractivity contribution is -0.156. The van der Waals surface area contributed by atoms with Gasteiger partial charge in [-0.2, -0.15) is 0 Å². The predicted molar refractivity (Wildman–Crippen MR) is 121 cm³/mol. The Morgan fingerprint density at radius 3 is 2.39 bits per heavy atom. The summed E-state index contributed by atoms with van der Waals surface area (Å²) in [6, 6.07) is 9.01. The van der Waals surface area contributed by atoms with Gasteiger partial charge in [0.25, 0.3) is 0 Å². The molecule has 0 bridgehead atoms. The summed E-state index contributed by atoms with van der Waals surface area (Å²) in [5, 5.41) is 10.3. The van der Waals surface area contributed by atoms with Crippen molar-refractivity contribution >= 4 is 17.8 Å². The lowest BCUT2D eigenvalue weighted by atomic mass is 9.92. The summed E-state index contributed by atoms with van der Waals surface area (Å²) in [5.74, 6) is -1.25. The number of aliphatic hydroxyl groups is 1. The SMILES string of the molecule is Cc1cc(C)c(/C=C/C(O)CC(=O)CC(=O)OC(C)(C)C)c(-c2ccc(F)c(C)c2)c1. The highest BCUT2D eigenvalue weighted by Gasteiger charge is 2.20. The molecule has 0 saturated heterocycles. The molecule has 0 spiro atoms. The fourth-order valence-electron chi connectivity index (χ4n) is 3.37. The molecule has 1 N–H and O–H groups in total. The molecule has 5 heteroatoms. The number of halogens is 1. The van der Waals surface area contributed by atoms with Crippen molar-refractivity contribution in [1.29, 1.82) is 0 Å². The predicted octanol–water partition coefficient (Wildman–Crippen LogP) is 5.48. The summed E-state index contributed by atoms with van der Waals surface area (Å²) in [6.45, 7) is 10.9. The van der Waals surface area contributed by atoms with E-state index in [-0.39, 0.29) is 24.4 Å². The van der Waals surface area contributed by atoms with Crippen molar-refractivity contribution in [3.05, 3.63) is 64.5 Å². The third-order valence-corrected chi connectivity index (χ3v) is 4.68. The number of aryl methyl sites for hydroxylation is 3. The maximum Gasteiger partial charge on any atom is 0.313 e. The molecule has 2 aromatic carbocycles. The number of hydrogen-bond donors (Lipinski definition) is 1. The normalized spacial score (nSPS) is 12.8. The Labute approximate surface area is 183 Å². The minimum absolute atomic E-state index is 0.175. The Kier molecular flexibility index (Phi) is 7.91. The average molecular weight is 427 g/mol. The summed E-state index contributed by atoms with van der Waals surface area (Å²) in [5.41, 5.74) is 4.65. The van der Waals surface area contributed by atoms with Crippen LogP contribution in [0.5, 0.6) is 0 Å². The van der Waals surface area contributed by atoms with Gasteiger partial charge >= 0.3 is 5.97 Å². The van der Waals surface area contributed by atoms with Gasteiger partial charge < -0.3 is 9.84 Å². The zero-order valence-corrected chi connectivity index (χ0v) is 19.1. The largest absolute Gasteiger partial charge is 0.460 e. The smallest absolute Gasteiger partial charge is 0.313 e. The first-order valence-electron chi connectivity index (χ1n) is 10.3. The van der Waals surface area contributed by atoms with E-state index in [0.29, 0.717) is 5.56 Å². The van der Waals surface area contributed by atoms with E-state index < -0.39 is 17.7 Å². The van der Waals surface area contributed by atoms with Crippen molar-refractivity contribution in [2.45, 2.75) is 66.1 Å². The zero-order chi connectivity index (χ0) is 23.3. The quantitative estimate of drug-likeness (QED) is 0.470. The fraction of sp³-hybridized carbons (Fsp3) is 0.385. The summed E-state index contributed by atoms with van der Waals surface area (Å²) >= 11 is 0. The van der Waals surface area contributed by atoms with E-state index in [0.717, 1.165) is 27.8 Å². The van der Waals surface area contributed by atoms with Crippen LogP contribution in [0, 0.1) is 26.6 Å². The molecule has 0 radical (unpaired) electrons. The number of Topliss-reactive ketones (excluding diaryl/α,β-unsaturated/α-hetero) is 1. The Hall–Kier alpha value is -2.79. The first-order chi connectivity index (χ1) is 14.4. The molecule has 0 heterocycles. The summed E-state index contributed by atoms with van der Waals surface area (Å²) in [4.78, 5) is 23.9. The minimum Gasteiger partial charge on any atom is -0.460 e. The molecule has 0 aliphatic rings. The summed E-state index contributed by atoms with van der Waals surface area (Å²) < 4.78 is 18.9. The van der Waals surface area contributed by atoms with Crippen molar-refractivity contribution in [1.82, 2.24) is 0 Å². The molecular formula is C26H31FO4. The van der Waals surface area contributed by atoms with E-state index in [1.165, 1.54) is 6.07 Å². The number of benzene rings is 2. The highest BCUT2D eigenvalue weighted by atomic mass is 19.1. The fourth-order valence-corrected chi connectivity index (χ4v) is 3.37. The van der Waals surface area contributed by atoms with Crippen LogP contribution in [0.25, 0.3) is 17.2 Å². The van der Waals surface area contributed by atoms with Gasteiger partial charge in [0, 0.05) is 6.42 Å². The number of carbonyl (C=O) groups is 2. The van der Waals surface area contributed by atoms with Crippen LogP contribution in [0.3, 0.4) is 0 Å². The molecule has 2 rings (SSSR count). The van der Waals surface area contributed by atoms with Gasteiger partial charge in [0.15, 0.2) is 0 Å². The number of aliphatic hydroxyl groups excluding tert-OH is 1. The van der Waals surface area contributed by atoms with Crippen LogP contribution in [0.1, 0.15) is 55.9 Å². The third kappa shape index (κ3) is 7.44. The van der Waals surface area contributed by atoms with E-state index in [4.69, 9.17) is 4.74 Å². The Balaban J connectivity index is 2.19. The van der Waals surface area contributed by atoms with E-state index in [2.05, 4.69) is 0 Å². The summed E-state index contributed by atoms with van der Waals surface area (Å²) in [7, 11) is 0. The van der Waals surface area contributed by atoms with Gasteiger partial charge in [0.2, 0.25) is 0 Å². The molecule has 0 fully saturated rings. The lowest BCUT2D eigenvalue weighted by Crippen LogP contribution is -2.26. The van der Waals surface area contributed by atoms with Crippen LogP contribution in [-0.4, -0.2) is 28.6 Å². The van der Waals surface area contributed by atoms with Gasteiger partial charge in [0.05, 0.1) is 6.10 Å². The number of esters is 1. The number of carbonyl (C=O) groups excluding carboxylic acids is 2. The second kappa shape index (κ2) is 10.0. The highest BCUT2D eigenvalue weighted by molar-refractivity contribution is 5.96. The molecule has 0 aliphatic carbocycles. The van der Waals surface area contributed by atoms with Crippen molar-refractivity contribution in [2.75, 3.05) is 0 Å². The third-order valence-electron chi connectivity index (χ3n) is 4.68. The molecule has 0 saturated carbocycles. The first-order valence-corrected chi connectivity index (χ1v) is 10.3. The van der Waals surface area contributed by atoms with Crippen LogP contribution in [0.4, 0.5) is 4.39 Å². The topological polar surface area (TPSA) is 63.6 Å². The van der Waals surface area contributed by atoms with Crippen LogP contribution >= 0.6 is 0 Å². The molecule has 0 aromatic heterocycles. The van der Waals surface area contributed by atoms with Gasteiger partial charge in [-0.25, -0.2) is 4.39 Å². The number of ketones is 1. The first kappa shape index (κ1) is 24.5. The molecule has 4 nitrogen and oxygen atoms in total. The lowest BCUT2D eigenvalue weighted by Gasteiger charge is -2.19. The maximum absolute atomic E-state index is 13.7. The van der Waals surface area contributed by atoms with Gasteiger partial charge in [0.1, 0.15) is 23.6 Å². The van der Waals surface area contributed by atoms with Crippen LogP contribution in [0.15, 0.2) is 36.4 Å². The van der Waals surface area contributed by atoms with Crippen molar-refractivity contribution in [2.24, 2.45) is 0 Å². The molecule has 0 amide bonds. The van der Waals surface area contributed by atoms with E-state index >= 15 is 0 Å². The number of ether oxygens (including phenoxy) is 1. The Morgan fingerprint density at radius 1 is 1.10 bits per heavy atom. The average Bonchev–Trinajstić information content (AvgIpc) is 2.60. The monoisotopic (exact) mass is 426 g/mol. The van der Waals surface area contributed by atoms with Crippen molar-refractivity contribution < 1.29 is 23.8 Å². The van der Waals surface area contributed by atoms with Gasteiger partial charge in [-0.3, -0.25) is 9.59 Å². The second-order valence-corrected chi connectivity index (χ2v) is 8.94. The molecule has 0 aliphatic heterocycles. The van der Waals surface area contributed by atoms with Crippen molar-refractivity contribution in [3.8, 4) is 11.1 Å². The molecule has 31 heavy (non-hydrogen) atoms. The zero-order valence-electron chi connectivity index (χ0n) is 19.1. The molecule has 166 valence electrons. The van der Waals surface area contributed by atoms with E-state index in [1.54, 1.807) is 52.0 Å². The van der Waals surface area contributed by atoms with Crippen LogP contribution in [0.2, 0.25) is 0 Å². The van der Waals surface area contributed by atoms with Gasteiger partial charge in [-0.1, -0.05) is 35.9 Å². The van der Waals surface area contributed by atoms with E-state index in [1.807, 2.05) is 26.0 Å². The van der Waals surface area contributed by atoms with E-state index in [9.17, 15) is 19.1 Å². The molecular weight excluding hydrogens is 395 g/mol. The Morgan fingerprint density at radius 2 is 1.77 bits per heavy atom. The number of hydrogen-bond acceptors (Lipinski definition) is 4. The molecule has 1 atom stereocenters. The van der Waals surface area contributed by atoms with Gasteiger partial charge in [-0.15, -0.1) is 0 Å². The van der Waals surface area contributed by atoms with Crippen LogP contribution < -0.4 is 0 Å². The molecule has 1 unspecified atom stereocenters.